The summed E-state index contributed by atoms with van der Waals surface area (Å²) >= 11 is 0. The van der Waals surface area contributed by atoms with E-state index in [0.717, 1.165) is 17.5 Å². The summed E-state index contributed by atoms with van der Waals surface area (Å²) in [6, 6.07) is 7.48. The van der Waals surface area contributed by atoms with Crippen molar-refractivity contribution in [2.75, 3.05) is 19.8 Å². The highest BCUT2D eigenvalue weighted by Gasteiger charge is 2.07. The minimum Gasteiger partial charge on any atom is -0.382 e. The molecule has 0 spiro atoms. The van der Waals surface area contributed by atoms with Gasteiger partial charge >= 0.3 is 0 Å². The molecule has 2 aromatic rings. The van der Waals surface area contributed by atoms with Crippen molar-refractivity contribution in [3.05, 3.63) is 36.2 Å². The van der Waals surface area contributed by atoms with Crippen LogP contribution in [0.25, 0.3) is 11.0 Å². The third-order valence-corrected chi connectivity index (χ3v) is 2.64. The van der Waals surface area contributed by atoms with Gasteiger partial charge < -0.3 is 10.1 Å². The first-order valence-corrected chi connectivity index (χ1v) is 6.39. The molecule has 0 saturated heterocycles. The Kier molecular flexibility index (Phi) is 4.80. The van der Waals surface area contributed by atoms with E-state index >= 15 is 0 Å². The zero-order valence-corrected chi connectivity index (χ0v) is 10.9. The van der Waals surface area contributed by atoms with Crippen molar-refractivity contribution < 1.29 is 9.53 Å². The molecule has 0 saturated carbocycles. The van der Waals surface area contributed by atoms with Gasteiger partial charge in [0.2, 0.25) is 0 Å². The standard InChI is InChI=1S/C14H17N3O2/c1-2-19-9-5-8-15-14(18)13-10-16-11-6-3-4-7-12(11)17-13/h3-4,6-7,10H,2,5,8-9H2,1H3,(H,15,18). The van der Waals surface area contributed by atoms with Gasteiger partial charge in [0.05, 0.1) is 17.2 Å². The Balaban J connectivity index is 1.93. The first-order valence-electron chi connectivity index (χ1n) is 6.39. The van der Waals surface area contributed by atoms with Gasteiger partial charge in [-0.3, -0.25) is 9.78 Å². The number of carbonyl (C=O) groups excluding carboxylic acids is 1. The summed E-state index contributed by atoms with van der Waals surface area (Å²) in [5.41, 5.74) is 1.86. The van der Waals surface area contributed by atoms with E-state index < -0.39 is 0 Å². The molecular weight excluding hydrogens is 242 g/mol. The number of benzene rings is 1. The van der Waals surface area contributed by atoms with Crippen molar-refractivity contribution in [3.8, 4) is 0 Å². The molecular formula is C14H17N3O2. The van der Waals surface area contributed by atoms with E-state index in [2.05, 4.69) is 15.3 Å². The van der Waals surface area contributed by atoms with Crippen LogP contribution in [-0.2, 0) is 4.74 Å². The molecule has 0 unspecified atom stereocenters. The second-order valence-corrected chi connectivity index (χ2v) is 4.05. The fraction of sp³-hybridized carbons (Fsp3) is 0.357. The highest BCUT2D eigenvalue weighted by atomic mass is 16.5. The van der Waals surface area contributed by atoms with Crippen molar-refractivity contribution >= 4 is 16.9 Å². The van der Waals surface area contributed by atoms with Crippen molar-refractivity contribution in [1.82, 2.24) is 15.3 Å². The van der Waals surface area contributed by atoms with E-state index in [1.165, 1.54) is 6.20 Å². The number of rotatable bonds is 6. The monoisotopic (exact) mass is 259 g/mol. The number of carbonyl (C=O) groups is 1. The molecule has 0 aliphatic rings. The van der Waals surface area contributed by atoms with E-state index in [9.17, 15) is 4.79 Å². The Hall–Kier alpha value is -2.01. The van der Waals surface area contributed by atoms with Crippen molar-refractivity contribution in [2.45, 2.75) is 13.3 Å². The molecule has 1 aromatic heterocycles. The molecule has 0 aliphatic heterocycles. The Labute approximate surface area is 112 Å². The summed E-state index contributed by atoms with van der Waals surface area (Å²) in [5, 5.41) is 2.80. The molecule has 100 valence electrons. The molecule has 0 radical (unpaired) electrons. The first-order chi connectivity index (χ1) is 9.31. The SMILES string of the molecule is CCOCCCNC(=O)c1cnc2ccccc2n1. The highest BCUT2D eigenvalue weighted by molar-refractivity contribution is 5.93. The molecule has 0 fully saturated rings. The normalized spacial score (nSPS) is 10.6. The zero-order valence-electron chi connectivity index (χ0n) is 10.9. The van der Waals surface area contributed by atoms with Crippen LogP contribution in [0.3, 0.4) is 0 Å². The molecule has 19 heavy (non-hydrogen) atoms. The molecule has 0 atom stereocenters. The Morgan fingerprint density at radius 3 is 2.89 bits per heavy atom. The van der Waals surface area contributed by atoms with Crippen molar-refractivity contribution in [2.24, 2.45) is 0 Å². The van der Waals surface area contributed by atoms with Crippen LogP contribution in [0, 0.1) is 0 Å². The maximum Gasteiger partial charge on any atom is 0.271 e. The zero-order chi connectivity index (χ0) is 13.5. The Bertz CT molecular complexity index is 557. The third kappa shape index (κ3) is 3.72. The van der Waals surface area contributed by atoms with Crippen LogP contribution in [0.15, 0.2) is 30.5 Å². The molecule has 1 N–H and O–H groups in total. The van der Waals surface area contributed by atoms with E-state index in [1.54, 1.807) is 0 Å². The van der Waals surface area contributed by atoms with E-state index in [-0.39, 0.29) is 5.91 Å². The minimum atomic E-state index is -0.199. The quantitative estimate of drug-likeness (QED) is 0.803. The lowest BCUT2D eigenvalue weighted by Gasteiger charge is -2.05. The number of nitrogens with one attached hydrogen (secondary N) is 1. The van der Waals surface area contributed by atoms with E-state index in [4.69, 9.17) is 4.74 Å². The number of hydrogen-bond acceptors (Lipinski definition) is 4. The lowest BCUT2D eigenvalue weighted by atomic mass is 10.3. The summed E-state index contributed by atoms with van der Waals surface area (Å²) in [7, 11) is 0. The van der Waals surface area contributed by atoms with Gasteiger partial charge in [-0.2, -0.15) is 0 Å². The highest BCUT2D eigenvalue weighted by Crippen LogP contribution is 2.08. The number of aromatic nitrogens is 2. The molecule has 1 heterocycles. The molecule has 1 amide bonds. The van der Waals surface area contributed by atoms with Crippen LogP contribution in [0.4, 0.5) is 0 Å². The van der Waals surface area contributed by atoms with Gasteiger partial charge in [-0.25, -0.2) is 4.98 Å². The van der Waals surface area contributed by atoms with Crippen LogP contribution >= 0.6 is 0 Å². The summed E-state index contributed by atoms with van der Waals surface area (Å²) in [4.78, 5) is 20.4. The number of amides is 1. The summed E-state index contributed by atoms with van der Waals surface area (Å²) in [5.74, 6) is -0.199. The first kappa shape index (κ1) is 13.4. The average Bonchev–Trinajstić information content (AvgIpc) is 2.46. The number of nitrogens with zero attached hydrogens (tertiary/aromatic N) is 2. The van der Waals surface area contributed by atoms with Crippen LogP contribution in [0.2, 0.25) is 0 Å². The Morgan fingerprint density at radius 2 is 2.11 bits per heavy atom. The minimum absolute atomic E-state index is 0.199. The van der Waals surface area contributed by atoms with Crippen molar-refractivity contribution in [1.29, 1.82) is 0 Å². The van der Waals surface area contributed by atoms with Gasteiger partial charge in [0, 0.05) is 19.8 Å². The summed E-state index contributed by atoms with van der Waals surface area (Å²) in [6.45, 7) is 3.88. The summed E-state index contributed by atoms with van der Waals surface area (Å²) < 4.78 is 5.20. The number of fused-ring (bicyclic) bond motifs is 1. The average molecular weight is 259 g/mol. The second-order valence-electron chi connectivity index (χ2n) is 4.05. The van der Waals surface area contributed by atoms with Gasteiger partial charge in [0.15, 0.2) is 0 Å². The smallest absolute Gasteiger partial charge is 0.271 e. The summed E-state index contributed by atoms with van der Waals surface area (Å²) in [6.07, 6.45) is 2.29. The number of hydrogen-bond donors (Lipinski definition) is 1. The van der Waals surface area contributed by atoms with Gasteiger partial charge in [-0.15, -0.1) is 0 Å². The molecule has 0 bridgehead atoms. The van der Waals surface area contributed by atoms with Gasteiger partial charge in [-0.1, -0.05) is 12.1 Å². The molecule has 5 heteroatoms. The fourth-order valence-corrected chi connectivity index (χ4v) is 1.68. The lowest BCUT2D eigenvalue weighted by Crippen LogP contribution is -2.26. The van der Waals surface area contributed by atoms with E-state index in [1.807, 2.05) is 31.2 Å². The predicted octanol–water partition coefficient (Wildman–Crippen LogP) is 1.79. The molecule has 0 aliphatic carbocycles. The maximum absolute atomic E-state index is 11.9. The van der Waals surface area contributed by atoms with Crippen LogP contribution < -0.4 is 5.32 Å². The van der Waals surface area contributed by atoms with E-state index in [0.29, 0.717) is 25.5 Å². The second kappa shape index (κ2) is 6.80. The largest absolute Gasteiger partial charge is 0.382 e. The van der Waals surface area contributed by atoms with Crippen LogP contribution in [-0.4, -0.2) is 35.6 Å². The molecule has 5 nitrogen and oxygen atoms in total. The fourth-order valence-electron chi connectivity index (χ4n) is 1.68. The lowest BCUT2D eigenvalue weighted by molar-refractivity contribution is 0.0939. The molecule has 2 rings (SSSR count). The predicted molar refractivity (Wildman–Crippen MR) is 73.0 cm³/mol. The Morgan fingerprint density at radius 1 is 1.32 bits per heavy atom. The third-order valence-electron chi connectivity index (χ3n) is 2.64. The van der Waals surface area contributed by atoms with Crippen molar-refractivity contribution in [3.63, 3.8) is 0 Å². The van der Waals surface area contributed by atoms with Crippen LogP contribution in [0.1, 0.15) is 23.8 Å². The van der Waals surface area contributed by atoms with Gasteiger partial charge in [0.1, 0.15) is 5.69 Å². The number of para-hydroxylation sites is 2. The van der Waals surface area contributed by atoms with Gasteiger partial charge in [0.25, 0.3) is 5.91 Å². The molecule has 1 aromatic carbocycles. The van der Waals surface area contributed by atoms with Crippen LogP contribution in [0.5, 0.6) is 0 Å². The maximum atomic E-state index is 11.9. The topological polar surface area (TPSA) is 64.1 Å². The number of ether oxygens (including phenoxy) is 1. The van der Waals surface area contributed by atoms with Gasteiger partial charge in [-0.05, 0) is 25.5 Å².